The lowest BCUT2D eigenvalue weighted by Gasteiger charge is -2.09. The van der Waals surface area contributed by atoms with Gasteiger partial charge in [-0.2, -0.15) is 13.4 Å². The Morgan fingerprint density at radius 2 is 1.42 bits per heavy atom. The molecule has 0 aliphatic heterocycles. The van der Waals surface area contributed by atoms with Crippen LogP contribution in [0.4, 0.5) is 0 Å². The second kappa shape index (κ2) is 9.30. The van der Waals surface area contributed by atoms with Crippen molar-refractivity contribution in [1.29, 1.82) is 0 Å². The molecule has 0 saturated heterocycles. The number of aromatic nitrogens is 3. The molecule has 8 nitrogen and oxygen atoms in total. The lowest BCUT2D eigenvalue weighted by Crippen LogP contribution is -2.11. The summed E-state index contributed by atoms with van der Waals surface area (Å²) in [6.45, 7) is 0. The zero-order valence-electron chi connectivity index (χ0n) is 17.4. The fourth-order valence-electron chi connectivity index (χ4n) is 2.99. The third-order valence-corrected chi connectivity index (χ3v) is 6.29. The quantitative estimate of drug-likeness (QED) is 0.325. The molecule has 0 atom stereocenters. The molecule has 0 radical (unpaired) electrons. The van der Waals surface area contributed by atoms with Crippen LogP contribution in [0.5, 0.6) is 17.5 Å². The summed E-state index contributed by atoms with van der Waals surface area (Å²) in [7, 11) is -1.41. The van der Waals surface area contributed by atoms with Crippen LogP contribution in [0.2, 0.25) is 10.0 Å². The largest absolute Gasteiger partial charge is 0.493 e. The summed E-state index contributed by atoms with van der Waals surface area (Å²) >= 11 is 12.0. The number of nitrogens with zero attached hydrogens (tertiary/aromatic N) is 3. The SMILES string of the molecule is COc1ccc(S(=O)(=O)Oc2nc(-c3ccc(Cl)cc3)n(-c3ccc(Cl)cc3)n2)cc1OC. The van der Waals surface area contributed by atoms with Gasteiger partial charge in [0.15, 0.2) is 17.3 Å². The number of rotatable bonds is 7. The van der Waals surface area contributed by atoms with Crippen LogP contribution in [0.3, 0.4) is 0 Å². The summed E-state index contributed by atoms with van der Waals surface area (Å²) < 4.78 is 42.9. The average molecular weight is 506 g/mol. The first-order chi connectivity index (χ1) is 15.8. The van der Waals surface area contributed by atoms with E-state index in [1.807, 2.05) is 0 Å². The molecule has 4 rings (SSSR count). The highest BCUT2D eigenvalue weighted by atomic mass is 35.5. The van der Waals surface area contributed by atoms with Gasteiger partial charge in [-0.3, -0.25) is 0 Å². The van der Waals surface area contributed by atoms with Crippen molar-refractivity contribution in [2.75, 3.05) is 14.2 Å². The van der Waals surface area contributed by atoms with Crippen LogP contribution < -0.4 is 13.7 Å². The second-order valence-electron chi connectivity index (χ2n) is 6.67. The minimum Gasteiger partial charge on any atom is -0.493 e. The van der Waals surface area contributed by atoms with Crippen molar-refractivity contribution in [1.82, 2.24) is 14.8 Å². The summed E-state index contributed by atoms with van der Waals surface area (Å²) in [6.07, 6.45) is 0. The monoisotopic (exact) mass is 505 g/mol. The smallest absolute Gasteiger partial charge is 0.352 e. The van der Waals surface area contributed by atoms with Crippen LogP contribution in [0, 0.1) is 0 Å². The van der Waals surface area contributed by atoms with E-state index in [9.17, 15) is 8.42 Å². The van der Waals surface area contributed by atoms with Crippen LogP contribution in [-0.4, -0.2) is 37.4 Å². The van der Waals surface area contributed by atoms with Crippen LogP contribution in [0.1, 0.15) is 0 Å². The predicted molar refractivity (Wildman–Crippen MR) is 124 cm³/mol. The molecule has 33 heavy (non-hydrogen) atoms. The van der Waals surface area contributed by atoms with Gasteiger partial charge in [-0.1, -0.05) is 23.2 Å². The van der Waals surface area contributed by atoms with Gasteiger partial charge in [0.25, 0.3) is 0 Å². The molecule has 0 aliphatic rings. The molecule has 0 aliphatic carbocycles. The maximum absolute atomic E-state index is 12.9. The van der Waals surface area contributed by atoms with Gasteiger partial charge in [0, 0.05) is 21.7 Å². The maximum atomic E-state index is 12.9. The summed E-state index contributed by atoms with van der Waals surface area (Å²) in [6, 6.07) is 17.4. The van der Waals surface area contributed by atoms with E-state index in [1.54, 1.807) is 48.5 Å². The fourth-order valence-corrected chi connectivity index (χ4v) is 4.10. The highest BCUT2D eigenvalue weighted by molar-refractivity contribution is 7.87. The van der Waals surface area contributed by atoms with Crippen molar-refractivity contribution in [2.45, 2.75) is 4.90 Å². The highest BCUT2D eigenvalue weighted by Gasteiger charge is 2.24. The van der Waals surface area contributed by atoms with Crippen LogP contribution in [0.25, 0.3) is 17.1 Å². The Balaban J connectivity index is 1.76. The number of halogens is 2. The molecule has 0 unspecified atom stereocenters. The van der Waals surface area contributed by atoms with Crippen molar-refractivity contribution in [3.05, 3.63) is 76.8 Å². The first-order valence-electron chi connectivity index (χ1n) is 9.46. The molecule has 0 spiro atoms. The van der Waals surface area contributed by atoms with Crippen molar-refractivity contribution in [3.63, 3.8) is 0 Å². The van der Waals surface area contributed by atoms with Crippen molar-refractivity contribution in [2.24, 2.45) is 0 Å². The van der Waals surface area contributed by atoms with E-state index >= 15 is 0 Å². The Morgan fingerprint density at radius 1 is 0.818 bits per heavy atom. The van der Waals surface area contributed by atoms with Crippen molar-refractivity contribution in [3.8, 4) is 34.6 Å². The molecule has 1 aromatic heterocycles. The minimum absolute atomic E-state index is 0.143. The highest BCUT2D eigenvalue weighted by Crippen LogP contribution is 2.31. The molecule has 0 N–H and O–H groups in total. The summed E-state index contributed by atoms with van der Waals surface area (Å²) in [5, 5.41) is 5.35. The van der Waals surface area contributed by atoms with E-state index in [1.165, 1.54) is 37.1 Å². The Labute approximate surface area is 200 Å². The number of methoxy groups -OCH3 is 2. The zero-order valence-corrected chi connectivity index (χ0v) is 19.7. The van der Waals surface area contributed by atoms with Gasteiger partial charge in [0.1, 0.15) is 4.90 Å². The van der Waals surface area contributed by atoms with Gasteiger partial charge in [-0.15, -0.1) is 5.10 Å². The van der Waals surface area contributed by atoms with Gasteiger partial charge in [-0.25, -0.2) is 4.68 Å². The van der Waals surface area contributed by atoms with Crippen LogP contribution in [-0.2, 0) is 10.1 Å². The predicted octanol–water partition coefficient (Wildman–Crippen LogP) is 5.03. The molecule has 4 aromatic rings. The normalized spacial score (nSPS) is 11.3. The lowest BCUT2D eigenvalue weighted by molar-refractivity contribution is 0.353. The zero-order chi connectivity index (χ0) is 23.6. The van der Waals surface area contributed by atoms with Gasteiger partial charge < -0.3 is 13.7 Å². The van der Waals surface area contributed by atoms with Crippen molar-refractivity contribution >= 4 is 33.3 Å². The third-order valence-electron chi connectivity index (χ3n) is 4.59. The molecule has 3 aromatic carbocycles. The molecule has 0 fully saturated rings. The van der Waals surface area contributed by atoms with Gasteiger partial charge in [-0.05, 0) is 60.7 Å². The Bertz CT molecular complexity index is 1330. The molecule has 0 amide bonds. The summed E-state index contributed by atoms with van der Waals surface area (Å²) in [5.41, 5.74) is 1.26. The van der Waals surface area contributed by atoms with Gasteiger partial charge >= 0.3 is 16.1 Å². The topological polar surface area (TPSA) is 92.5 Å². The molecular formula is C22H17Cl2N3O5S. The van der Waals surface area contributed by atoms with E-state index in [4.69, 9.17) is 36.9 Å². The number of benzene rings is 3. The Hall–Kier alpha value is -3.27. The molecule has 11 heteroatoms. The molecule has 0 bridgehead atoms. The molecule has 1 heterocycles. The van der Waals surface area contributed by atoms with Crippen LogP contribution in [0.15, 0.2) is 71.6 Å². The molecule has 170 valence electrons. The lowest BCUT2D eigenvalue weighted by atomic mass is 10.2. The molecular weight excluding hydrogens is 489 g/mol. The van der Waals surface area contributed by atoms with E-state index < -0.39 is 10.1 Å². The molecule has 0 saturated carbocycles. The Morgan fingerprint density at radius 3 is 2.03 bits per heavy atom. The van der Waals surface area contributed by atoms with E-state index in [0.717, 1.165) is 0 Å². The van der Waals surface area contributed by atoms with E-state index in [0.29, 0.717) is 32.9 Å². The Kier molecular flexibility index (Phi) is 6.46. The fraction of sp³-hybridized carbons (Fsp3) is 0.0909. The van der Waals surface area contributed by atoms with Gasteiger partial charge in [0.2, 0.25) is 0 Å². The average Bonchev–Trinajstić information content (AvgIpc) is 3.22. The summed E-state index contributed by atoms with van der Waals surface area (Å²) in [5.74, 6) is 0.974. The van der Waals surface area contributed by atoms with Crippen molar-refractivity contribution < 1.29 is 22.1 Å². The van der Waals surface area contributed by atoms with Crippen LogP contribution >= 0.6 is 23.2 Å². The van der Waals surface area contributed by atoms with Gasteiger partial charge in [0.05, 0.1) is 19.9 Å². The minimum atomic E-state index is -4.27. The number of hydrogen-bond donors (Lipinski definition) is 0. The first-order valence-corrected chi connectivity index (χ1v) is 11.6. The number of hydrogen-bond acceptors (Lipinski definition) is 7. The first kappa shape index (κ1) is 22.9. The van der Waals surface area contributed by atoms with E-state index in [-0.39, 0.29) is 16.7 Å². The summed E-state index contributed by atoms with van der Waals surface area (Å²) in [4.78, 5) is 4.17. The maximum Gasteiger partial charge on any atom is 0.352 e. The standard InChI is InChI=1S/C22H17Cl2N3O5S/c1-30-19-12-11-18(13-20(19)31-2)33(28,29)32-22-25-21(14-3-5-15(23)6-4-14)27(26-22)17-9-7-16(24)8-10-17/h3-13H,1-2H3. The second-order valence-corrected chi connectivity index (χ2v) is 9.09. The number of ether oxygens (including phenoxy) is 2. The third kappa shape index (κ3) is 4.90. The van der Waals surface area contributed by atoms with E-state index in [2.05, 4.69) is 10.1 Å².